The van der Waals surface area contributed by atoms with Gasteiger partial charge < -0.3 is 10.2 Å². The average Bonchev–Trinajstić information content (AvgIpc) is 2.84. The van der Waals surface area contributed by atoms with Crippen LogP contribution in [0.15, 0.2) is 93.7 Å². The Hall–Kier alpha value is -2.16. The van der Waals surface area contributed by atoms with Crippen LogP contribution in [-0.2, 0) is 0 Å². The summed E-state index contributed by atoms with van der Waals surface area (Å²) in [5.74, 6) is 0.386. The van der Waals surface area contributed by atoms with E-state index in [9.17, 15) is 10.2 Å². The molecule has 3 atom stereocenters. The van der Waals surface area contributed by atoms with Gasteiger partial charge in [-0.05, 0) is 116 Å². The molecule has 0 saturated heterocycles. The summed E-state index contributed by atoms with van der Waals surface area (Å²) in [7, 11) is 0. The molecule has 0 saturated carbocycles. The minimum absolute atomic E-state index is 0.0351. The van der Waals surface area contributed by atoms with E-state index in [1.807, 2.05) is 6.08 Å². The lowest BCUT2D eigenvalue weighted by molar-refractivity contribution is 0.116. The zero-order valence-corrected chi connectivity index (χ0v) is 28.7. The second-order valence-corrected chi connectivity index (χ2v) is 14.6. The molecule has 2 rings (SSSR count). The Morgan fingerprint density at radius 2 is 1.33 bits per heavy atom. The predicted octanol–water partition coefficient (Wildman–Crippen LogP) is 11.1. The molecule has 0 bridgehead atoms. The molecular weight excluding hydrogens is 512 g/mol. The van der Waals surface area contributed by atoms with E-state index >= 15 is 0 Å². The lowest BCUT2D eigenvalue weighted by atomic mass is 9.67. The van der Waals surface area contributed by atoms with Gasteiger partial charge in [0.15, 0.2) is 0 Å². The molecule has 0 fully saturated rings. The Bertz CT molecular complexity index is 1140. The van der Waals surface area contributed by atoms with Gasteiger partial charge in [-0.1, -0.05) is 116 Å². The van der Waals surface area contributed by atoms with E-state index in [1.54, 1.807) is 0 Å². The number of aliphatic hydroxyl groups excluding tert-OH is 2. The van der Waals surface area contributed by atoms with E-state index in [4.69, 9.17) is 0 Å². The Kier molecular flexibility index (Phi) is 14.3. The normalized spacial score (nSPS) is 26.0. The van der Waals surface area contributed by atoms with Crippen molar-refractivity contribution in [2.45, 2.75) is 139 Å². The molecule has 0 heterocycles. The van der Waals surface area contributed by atoms with Crippen molar-refractivity contribution in [2.75, 3.05) is 0 Å². The monoisotopic (exact) mass is 574 g/mol. The fraction of sp³-hybridized carbons (Fsp3) is 0.600. The standard InChI is InChI=1S/C40H62O2/c1-29(17-13-19-31(3)21-23-37-33(5)25-35(41)27-39(37,7)8)15-11-12-16-30(2)18-14-20-32(4)22-24-38-34(6)26-36(42)28-40(38,9)10/h15-16,19-25,35-37,41-42H,11-14,17-18,26-28H2,1-10H3/b23-21+,24-22+,29-15+,30-16+,31-19+,32-20+/t35-,36-,37-/m0/s1. The molecule has 2 aliphatic carbocycles. The molecule has 0 aromatic heterocycles. The molecule has 2 aliphatic rings. The maximum atomic E-state index is 10.1. The minimum Gasteiger partial charge on any atom is -0.393 e. The van der Waals surface area contributed by atoms with Crippen LogP contribution in [0.3, 0.4) is 0 Å². The van der Waals surface area contributed by atoms with Gasteiger partial charge in [0.25, 0.3) is 0 Å². The Labute approximate surface area is 259 Å². The number of aliphatic hydroxyl groups is 2. The van der Waals surface area contributed by atoms with Crippen molar-refractivity contribution in [3.63, 3.8) is 0 Å². The fourth-order valence-electron chi connectivity index (χ4n) is 6.86. The van der Waals surface area contributed by atoms with Gasteiger partial charge in [0.2, 0.25) is 0 Å². The van der Waals surface area contributed by atoms with Crippen LogP contribution >= 0.6 is 0 Å². The van der Waals surface area contributed by atoms with E-state index in [2.05, 4.69) is 118 Å². The third kappa shape index (κ3) is 12.2. The van der Waals surface area contributed by atoms with Crippen molar-refractivity contribution in [2.24, 2.45) is 16.7 Å². The first-order valence-corrected chi connectivity index (χ1v) is 16.4. The molecule has 234 valence electrons. The SMILES string of the molecule is CC1=C[C@H](O)CC(C)(C)[C@H]1/C=C/C(C)=C/CC/C(C)=C/CC/C=C(\C)CC/C=C(C)/C=C/C1=C(C)C[C@H](O)CC1(C)C. The molecule has 0 aliphatic heterocycles. The van der Waals surface area contributed by atoms with Gasteiger partial charge in [-0.2, -0.15) is 0 Å². The molecule has 42 heavy (non-hydrogen) atoms. The second kappa shape index (κ2) is 16.6. The maximum absolute atomic E-state index is 10.1. The third-order valence-corrected chi connectivity index (χ3v) is 9.23. The van der Waals surface area contributed by atoms with Crippen LogP contribution in [0.2, 0.25) is 0 Å². The number of allylic oxidation sites excluding steroid dienone is 14. The molecule has 2 N–H and O–H groups in total. The average molecular weight is 575 g/mol. The van der Waals surface area contributed by atoms with Gasteiger partial charge in [0, 0.05) is 5.92 Å². The lowest BCUT2D eigenvalue weighted by Gasteiger charge is -2.38. The van der Waals surface area contributed by atoms with Crippen LogP contribution in [-0.4, -0.2) is 22.4 Å². The molecule has 0 unspecified atom stereocenters. The summed E-state index contributed by atoms with van der Waals surface area (Å²) in [5.41, 5.74) is 9.68. The van der Waals surface area contributed by atoms with Gasteiger partial charge in [0.1, 0.15) is 0 Å². The molecule has 0 radical (unpaired) electrons. The highest BCUT2D eigenvalue weighted by molar-refractivity contribution is 5.36. The summed E-state index contributed by atoms with van der Waals surface area (Å²) >= 11 is 0. The maximum Gasteiger partial charge on any atom is 0.0729 e. The van der Waals surface area contributed by atoms with E-state index < -0.39 is 0 Å². The first kappa shape index (κ1) is 36.0. The molecule has 0 aromatic carbocycles. The van der Waals surface area contributed by atoms with Crippen molar-refractivity contribution in [3.8, 4) is 0 Å². The number of hydrogen-bond acceptors (Lipinski definition) is 2. The third-order valence-electron chi connectivity index (χ3n) is 9.23. The smallest absolute Gasteiger partial charge is 0.0729 e. The van der Waals surface area contributed by atoms with Crippen LogP contribution in [0.25, 0.3) is 0 Å². The largest absolute Gasteiger partial charge is 0.393 e. The first-order valence-electron chi connectivity index (χ1n) is 16.4. The summed E-state index contributed by atoms with van der Waals surface area (Å²) in [5, 5.41) is 20.2. The zero-order chi connectivity index (χ0) is 31.5. The molecule has 2 heteroatoms. The number of hydrogen-bond donors (Lipinski definition) is 2. The Balaban J connectivity index is 1.73. The van der Waals surface area contributed by atoms with Crippen molar-refractivity contribution in [3.05, 3.63) is 93.7 Å². The van der Waals surface area contributed by atoms with Crippen LogP contribution in [0.5, 0.6) is 0 Å². The Morgan fingerprint density at radius 1 is 0.786 bits per heavy atom. The van der Waals surface area contributed by atoms with Crippen LogP contribution in [0.1, 0.15) is 127 Å². The van der Waals surface area contributed by atoms with E-state index in [-0.39, 0.29) is 23.0 Å². The zero-order valence-electron chi connectivity index (χ0n) is 28.7. The highest BCUT2D eigenvalue weighted by Gasteiger charge is 2.34. The molecule has 0 aromatic rings. The van der Waals surface area contributed by atoms with Crippen LogP contribution in [0, 0.1) is 16.7 Å². The highest BCUT2D eigenvalue weighted by Crippen LogP contribution is 2.42. The van der Waals surface area contributed by atoms with E-state index in [0.717, 1.165) is 57.8 Å². The molecule has 0 spiro atoms. The van der Waals surface area contributed by atoms with Gasteiger partial charge in [-0.15, -0.1) is 0 Å². The van der Waals surface area contributed by atoms with E-state index in [0.29, 0.717) is 5.92 Å². The van der Waals surface area contributed by atoms with Crippen LogP contribution in [0.4, 0.5) is 0 Å². The molecule has 0 amide bonds. The summed E-state index contributed by atoms with van der Waals surface area (Å²) in [6.07, 6.45) is 29.2. The van der Waals surface area contributed by atoms with Gasteiger partial charge in [-0.3, -0.25) is 0 Å². The summed E-state index contributed by atoms with van der Waals surface area (Å²) in [6, 6.07) is 0. The molecular formula is C40H62O2. The topological polar surface area (TPSA) is 40.5 Å². The number of rotatable bonds is 13. The minimum atomic E-state index is -0.311. The van der Waals surface area contributed by atoms with Crippen molar-refractivity contribution >= 4 is 0 Å². The number of unbranched alkanes of at least 4 members (excludes halogenated alkanes) is 1. The van der Waals surface area contributed by atoms with Gasteiger partial charge in [-0.25, -0.2) is 0 Å². The van der Waals surface area contributed by atoms with Gasteiger partial charge >= 0.3 is 0 Å². The Morgan fingerprint density at radius 3 is 1.86 bits per heavy atom. The summed E-state index contributed by atoms with van der Waals surface area (Å²) in [6.45, 7) is 22.2. The lowest BCUT2D eigenvalue weighted by Crippen LogP contribution is -2.32. The molecule has 2 nitrogen and oxygen atoms in total. The highest BCUT2D eigenvalue weighted by atomic mass is 16.3. The quantitative estimate of drug-likeness (QED) is 0.130. The van der Waals surface area contributed by atoms with E-state index in [1.165, 1.54) is 39.0 Å². The van der Waals surface area contributed by atoms with Crippen molar-refractivity contribution in [1.82, 2.24) is 0 Å². The fourth-order valence-corrected chi connectivity index (χ4v) is 6.86. The van der Waals surface area contributed by atoms with Crippen LogP contribution < -0.4 is 0 Å². The summed E-state index contributed by atoms with van der Waals surface area (Å²) < 4.78 is 0. The van der Waals surface area contributed by atoms with Gasteiger partial charge in [0.05, 0.1) is 12.2 Å². The summed E-state index contributed by atoms with van der Waals surface area (Å²) in [4.78, 5) is 0. The first-order chi connectivity index (χ1) is 19.6. The van der Waals surface area contributed by atoms with Crippen molar-refractivity contribution in [1.29, 1.82) is 0 Å². The van der Waals surface area contributed by atoms with Crippen molar-refractivity contribution < 1.29 is 10.2 Å². The second-order valence-electron chi connectivity index (χ2n) is 14.6. The predicted molar refractivity (Wildman–Crippen MR) is 184 cm³/mol.